The zero-order valence-electron chi connectivity index (χ0n) is 22.1. The van der Waals surface area contributed by atoms with Crippen molar-refractivity contribution in [2.75, 3.05) is 25.6 Å². The second kappa shape index (κ2) is 12.1. The van der Waals surface area contributed by atoms with Crippen molar-refractivity contribution in [2.24, 2.45) is 10.2 Å². The van der Waals surface area contributed by atoms with Crippen LogP contribution in [0.15, 0.2) is 95.2 Å². The van der Waals surface area contributed by atoms with Crippen molar-refractivity contribution >= 4 is 29.0 Å². The topological polar surface area (TPSA) is 80.6 Å². The highest BCUT2D eigenvalue weighted by Crippen LogP contribution is 2.29. The standard InChI is InChI=1S/C31H28FN3O4/c1-5-38-30(36)23-8-16-27(28(32)19-23)31(37)39-26-14-6-21(7-15-26)22-9-17-29(20(2)18-22)34-33-24-10-12-25(13-11-24)35(3)4/h6-19H,5H2,1-4H3. The SMILES string of the molecule is CCOC(=O)c1ccc(C(=O)Oc2ccc(-c3ccc(N=Nc4ccc(N(C)C)cc4)c(C)c3)cc2)c(F)c1. The molecule has 0 aliphatic carbocycles. The maximum Gasteiger partial charge on any atom is 0.346 e. The van der Waals surface area contributed by atoms with E-state index in [9.17, 15) is 14.0 Å². The molecule has 0 heterocycles. The summed E-state index contributed by atoms with van der Waals surface area (Å²) < 4.78 is 24.6. The van der Waals surface area contributed by atoms with Crippen molar-refractivity contribution in [1.82, 2.24) is 0 Å². The van der Waals surface area contributed by atoms with Gasteiger partial charge in [0.05, 0.1) is 29.1 Å². The van der Waals surface area contributed by atoms with Gasteiger partial charge in [0.15, 0.2) is 0 Å². The lowest BCUT2D eigenvalue weighted by atomic mass is 10.0. The number of ether oxygens (including phenoxy) is 2. The van der Waals surface area contributed by atoms with Crippen LogP contribution in [0.25, 0.3) is 11.1 Å². The minimum atomic E-state index is -0.863. The predicted molar refractivity (Wildman–Crippen MR) is 149 cm³/mol. The fraction of sp³-hybridized carbons (Fsp3) is 0.161. The van der Waals surface area contributed by atoms with Gasteiger partial charge in [0.1, 0.15) is 11.6 Å². The minimum absolute atomic E-state index is 0.0247. The van der Waals surface area contributed by atoms with Crippen LogP contribution in [-0.2, 0) is 4.74 Å². The lowest BCUT2D eigenvalue weighted by molar-refractivity contribution is 0.0524. The van der Waals surface area contributed by atoms with Gasteiger partial charge in [-0.25, -0.2) is 14.0 Å². The molecule has 0 saturated carbocycles. The molecule has 4 aromatic carbocycles. The largest absolute Gasteiger partial charge is 0.462 e. The second-order valence-electron chi connectivity index (χ2n) is 8.94. The van der Waals surface area contributed by atoms with Crippen LogP contribution in [0.5, 0.6) is 5.75 Å². The van der Waals surface area contributed by atoms with Gasteiger partial charge < -0.3 is 14.4 Å². The van der Waals surface area contributed by atoms with Crippen molar-refractivity contribution in [1.29, 1.82) is 0 Å². The fourth-order valence-electron chi connectivity index (χ4n) is 3.78. The smallest absolute Gasteiger partial charge is 0.346 e. The third-order valence-electron chi connectivity index (χ3n) is 5.93. The maximum atomic E-state index is 14.4. The Balaban J connectivity index is 1.42. The molecule has 0 fully saturated rings. The molecule has 0 aliphatic rings. The van der Waals surface area contributed by atoms with Crippen molar-refractivity contribution in [3.63, 3.8) is 0 Å². The Labute approximate surface area is 226 Å². The molecule has 0 saturated heterocycles. The number of carbonyl (C=O) groups excluding carboxylic acids is 2. The molecule has 0 bridgehead atoms. The number of hydrogen-bond acceptors (Lipinski definition) is 7. The summed E-state index contributed by atoms with van der Waals surface area (Å²) in [4.78, 5) is 26.3. The average molecular weight is 526 g/mol. The molecule has 8 heteroatoms. The zero-order chi connectivity index (χ0) is 27.9. The summed E-state index contributed by atoms with van der Waals surface area (Å²) in [5.74, 6) is -2.12. The quantitative estimate of drug-likeness (QED) is 0.134. The number of esters is 2. The summed E-state index contributed by atoms with van der Waals surface area (Å²) in [5, 5.41) is 8.73. The van der Waals surface area contributed by atoms with E-state index in [4.69, 9.17) is 9.47 Å². The number of hydrogen-bond donors (Lipinski definition) is 0. The lowest BCUT2D eigenvalue weighted by Gasteiger charge is -2.11. The molecular formula is C31H28FN3O4. The van der Waals surface area contributed by atoms with Crippen molar-refractivity contribution in [2.45, 2.75) is 13.8 Å². The number of halogens is 1. The molecule has 198 valence electrons. The normalized spacial score (nSPS) is 10.9. The summed E-state index contributed by atoms with van der Waals surface area (Å²) in [6, 6.07) is 24.1. The Hall–Kier alpha value is -4.85. The van der Waals surface area contributed by atoms with E-state index in [2.05, 4.69) is 10.2 Å². The molecule has 0 atom stereocenters. The number of azo groups is 1. The van der Waals surface area contributed by atoms with Crippen LogP contribution in [0.2, 0.25) is 0 Å². The van der Waals surface area contributed by atoms with Gasteiger partial charge in [-0.15, -0.1) is 0 Å². The van der Waals surface area contributed by atoms with Gasteiger partial charge in [0.25, 0.3) is 0 Å². The highest BCUT2D eigenvalue weighted by atomic mass is 19.1. The maximum absolute atomic E-state index is 14.4. The Morgan fingerprint density at radius 2 is 1.51 bits per heavy atom. The van der Waals surface area contributed by atoms with E-state index in [1.807, 2.05) is 80.5 Å². The van der Waals surface area contributed by atoms with Gasteiger partial charge in [-0.1, -0.05) is 18.2 Å². The highest BCUT2D eigenvalue weighted by Gasteiger charge is 2.17. The van der Waals surface area contributed by atoms with E-state index in [1.165, 1.54) is 12.1 Å². The average Bonchev–Trinajstić information content (AvgIpc) is 2.93. The molecule has 39 heavy (non-hydrogen) atoms. The van der Waals surface area contributed by atoms with Gasteiger partial charge in [-0.2, -0.15) is 10.2 Å². The minimum Gasteiger partial charge on any atom is -0.462 e. The first kappa shape index (κ1) is 27.2. The molecule has 0 aromatic heterocycles. The van der Waals surface area contributed by atoms with E-state index in [-0.39, 0.29) is 23.5 Å². The van der Waals surface area contributed by atoms with Gasteiger partial charge in [-0.05, 0) is 97.3 Å². The molecule has 7 nitrogen and oxygen atoms in total. The predicted octanol–water partition coefficient (Wildman–Crippen LogP) is 7.68. The van der Waals surface area contributed by atoms with Crippen molar-refractivity contribution in [3.05, 3.63) is 107 Å². The molecular weight excluding hydrogens is 497 g/mol. The van der Waals surface area contributed by atoms with Crippen molar-refractivity contribution in [3.8, 4) is 16.9 Å². The highest BCUT2D eigenvalue weighted by molar-refractivity contribution is 5.94. The van der Waals surface area contributed by atoms with E-state index in [1.54, 1.807) is 19.1 Å². The van der Waals surface area contributed by atoms with Crippen LogP contribution in [0.3, 0.4) is 0 Å². The third-order valence-corrected chi connectivity index (χ3v) is 5.93. The van der Waals surface area contributed by atoms with Crippen LogP contribution in [-0.4, -0.2) is 32.6 Å². The molecule has 0 amide bonds. The Bertz CT molecular complexity index is 1510. The number of carbonyl (C=O) groups is 2. The summed E-state index contributed by atoms with van der Waals surface area (Å²) in [7, 11) is 3.97. The van der Waals surface area contributed by atoms with Crippen LogP contribution < -0.4 is 9.64 Å². The van der Waals surface area contributed by atoms with E-state index >= 15 is 0 Å². The van der Waals surface area contributed by atoms with Gasteiger partial charge in [0.2, 0.25) is 0 Å². The first-order valence-corrected chi connectivity index (χ1v) is 12.3. The summed E-state index contributed by atoms with van der Waals surface area (Å²) in [5.41, 5.74) is 5.19. The van der Waals surface area contributed by atoms with Crippen LogP contribution in [0.1, 0.15) is 33.2 Å². The molecule has 4 rings (SSSR count). The van der Waals surface area contributed by atoms with Crippen molar-refractivity contribution < 1.29 is 23.5 Å². The third kappa shape index (κ3) is 6.73. The Morgan fingerprint density at radius 1 is 0.821 bits per heavy atom. The molecule has 0 radical (unpaired) electrons. The van der Waals surface area contributed by atoms with E-state index < -0.39 is 17.8 Å². The number of anilines is 1. The summed E-state index contributed by atoms with van der Waals surface area (Å²) >= 11 is 0. The second-order valence-corrected chi connectivity index (χ2v) is 8.94. The zero-order valence-corrected chi connectivity index (χ0v) is 22.1. The number of benzene rings is 4. The Morgan fingerprint density at radius 3 is 2.13 bits per heavy atom. The summed E-state index contributed by atoms with van der Waals surface area (Å²) in [6.07, 6.45) is 0. The van der Waals surface area contributed by atoms with Crippen LogP contribution in [0, 0.1) is 12.7 Å². The molecule has 0 spiro atoms. The van der Waals surface area contributed by atoms with Crippen LogP contribution in [0.4, 0.5) is 21.5 Å². The Kier molecular flexibility index (Phi) is 8.46. The van der Waals surface area contributed by atoms with E-state index in [0.29, 0.717) is 0 Å². The fourth-order valence-corrected chi connectivity index (χ4v) is 3.78. The monoisotopic (exact) mass is 525 g/mol. The van der Waals surface area contributed by atoms with Crippen LogP contribution >= 0.6 is 0 Å². The number of aryl methyl sites for hydroxylation is 1. The molecule has 0 N–H and O–H groups in total. The van der Waals surface area contributed by atoms with Gasteiger partial charge >= 0.3 is 11.9 Å². The number of nitrogens with zero attached hydrogens (tertiary/aromatic N) is 3. The van der Waals surface area contributed by atoms with E-state index in [0.717, 1.165) is 39.8 Å². The van der Waals surface area contributed by atoms with Gasteiger partial charge in [-0.3, -0.25) is 0 Å². The number of rotatable bonds is 8. The lowest BCUT2D eigenvalue weighted by Crippen LogP contribution is -2.12. The summed E-state index contributed by atoms with van der Waals surface area (Å²) in [6.45, 7) is 3.79. The first-order valence-electron chi connectivity index (χ1n) is 12.3. The van der Waals surface area contributed by atoms with Gasteiger partial charge in [0, 0.05) is 19.8 Å². The molecule has 0 aliphatic heterocycles. The molecule has 4 aromatic rings. The molecule has 0 unspecified atom stereocenters. The first-order chi connectivity index (χ1) is 18.7.